The first-order valence-electron chi connectivity index (χ1n) is 8.95. The topological polar surface area (TPSA) is 66.1 Å². The molecule has 4 rings (SSSR count). The molecule has 2 aromatic rings. The molecule has 3 atom stereocenters. The maximum Gasteiger partial charge on any atom is 0.143 e. The van der Waals surface area contributed by atoms with Crippen molar-refractivity contribution >= 4 is 23.1 Å². The molecule has 4 nitrogen and oxygen atoms in total. The number of ketones is 1. The Labute approximate surface area is 163 Å². The number of pyridine rings is 1. The number of nitriles is 1. The number of aliphatic imine (C=N–C) groups is 1. The third-order valence-electron chi connectivity index (χ3n) is 5.46. The number of allylic oxidation sites excluding steroid dienone is 2. The first-order chi connectivity index (χ1) is 13.1. The molecule has 1 fully saturated rings. The fourth-order valence-corrected chi connectivity index (χ4v) is 4.33. The number of Topliss-reactive ketones (excluding diaryl/α,β-unsaturated/α-hetero) is 1. The molecule has 1 aliphatic carbocycles. The van der Waals surface area contributed by atoms with E-state index in [1.807, 2.05) is 43.3 Å². The van der Waals surface area contributed by atoms with Crippen LogP contribution in [0.4, 0.5) is 0 Å². The van der Waals surface area contributed by atoms with E-state index < -0.39 is 0 Å². The fourth-order valence-electron chi connectivity index (χ4n) is 4.21. The molecule has 0 bridgehead atoms. The molecular weight excluding hydrogens is 358 g/mol. The molecule has 0 saturated heterocycles. The molecule has 1 aromatic carbocycles. The Morgan fingerprint density at radius 1 is 1.11 bits per heavy atom. The molecule has 0 radical (unpaired) electrons. The van der Waals surface area contributed by atoms with Crippen molar-refractivity contribution in [1.82, 2.24) is 4.98 Å². The van der Waals surface area contributed by atoms with Crippen molar-refractivity contribution in [3.63, 3.8) is 0 Å². The molecule has 2 aliphatic rings. The van der Waals surface area contributed by atoms with Gasteiger partial charge in [-0.05, 0) is 48.6 Å². The molecule has 27 heavy (non-hydrogen) atoms. The Morgan fingerprint density at radius 3 is 2.56 bits per heavy atom. The van der Waals surface area contributed by atoms with E-state index in [0.717, 1.165) is 16.8 Å². The first kappa shape index (κ1) is 17.6. The minimum atomic E-state index is -0.379. The Balaban J connectivity index is 1.75. The molecule has 2 heterocycles. The van der Waals surface area contributed by atoms with Crippen LogP contribution in [0, 0.1) is 17.2 Å². The second-order valence-electron chi connectivity index (χ2n) is 7.08. The van der Waals surface area contributed by atoms with Gasteiger partial charge in [-0.15, -0.1) is 0 Å². The minimum Gasteiger partial charge on any atom is -0.299 e. The van der Waals surface area contributed by atoms with Gasteiger partial charge in [0.1, 0.15) is 5.78 Å². The Hall–Kier alpha value is -2.77. The van der Waals surface area contributed by atoms with Crippen LogP contribution < -0.4 is 0 Å². The quantitative estimate of drug-likeness (QED) is 0.754. The van der Waals surface area contributed by atoms with Crippen LogP contribution in [0.2, 0.25) is 5.02 Å². The number of carbonyl (C=O) groups excluding carboxylic acids is 1. The van der Waals surface area contributed by atoms with Crippen LogP contribution in [0.5, 0.6) is 0 Å². The van der Waals surface area contributed by atoms with Gasteiger partial charge in [-0.1, -0.05) is 29.8 Å². The van der Waals surface area contributed by atoms with Crippen LogP contribution in [-0.2, 0) is 4.79 Å². The van der Waals surface area contributed by atoms with Gasteiger partial charge in [0.2, 0.25) is 0 Å². The van der Waals surface area contributed by atoms with Crippen molar-refractivity contribution in [3.05, 3.63) is 76.2 Å². The van der Waals surface area contributed by atoms with E-state index >= 15 is 0 Å². The summed E-state index contributed by atoms with van der Waals surface area (Å²) in [7, 11) is 0. The molecule has 1 saturated carbocycles. The minimum absolute atomic E-state index is 0.0933. The van der Waals surface area contributed by atoms with Gasteiger partial charge in [0.25, 0.3) is 0 Å². The van der Waals surface area contributed by atoms with Crippen LogP contribution in [0.25, 0.3) is 0 Å². The third kappa shape index (κ3) is 3.20. The zero-order valence-corrected chi connectivity index (χ0v) is 15.6. The second kappa shape index (κ2) is 7.09. The summed E-state index contributed by atoms with van der Waals surface area (Å²) in [5.74, 6) is -0.448. The smallest absolute Gasteiger partial charge is 0.143 e. The zero-order valence-electron chi connectivity index (χ0n) is 14.9. The summed E-state index contributed by atoms with van der Waals surface area (Å²) in [6, 6.07) is 13.7. The number of halogens is 1. The van der Waals surface area contributed by atoms with Gasteiger partial charge >= 0.3 is 0 Å². The largest absolute Gasteiger partial charge is 0.299 e. The summed E-state index contributed by atoms with van der Waals surface area (Å²) in [6.07, 6.45) is 4.60. The Morgan fingerprint density at radius 2 is 1.89 bits per heavy atom. The first-order valence-corrected chi connectivity index (χ1v) is 9.32. The molecule has 0 spiro atoms. The van der Waals surface area contributed by atoms with Crippen LogP contribution in [-0.4, -0.2) is 16.5 Å². The molecule has 0 amide bonds. The third-order valence-corrected chi connectivity index (χ3v) is 5.71. The van der Waals surface area contributed by atoms with E-state index in [1.54, 1.807) is 12.4 Å². The summed E-state index contributed by atoms with van der Waals surface area (Å²) < 4.78 is 0. The lowest BCUT2D eigenvalue weighted by molar-refractivity contribution is -0.122. The predicted molar refractivity (Wildman–Crippen MR) is 105 cm³/mol. The lowest BCUT2D eigenvalue weighted by atomic mass is 9.66. The molecule has 3 unspecified atom stereocenters. The maximum absolute atomic E-state index is 13.2. The summed E-state index contributed by atoms with van der Waals surface area (Å²) in [5, 5.41) is 10.4. The summed E-state index contributed by atoms with van der Waals surface area (Å²) in [5.41, 5.74) is 4.12. The monoisotopic (exact) mass is 375 g/mol. The standard InChI is InChI=1S/C22H18ClN3O/c1-13-18(11-24)21(15-3-2-8-25-12-15)22-19(26-13)9-16(10-20(22)27)14-4-6-17(23)7-5-14/h2-8,12,16,21-22H,9-10H2,1H3. The van der Waals surface area contributed by atoms with Crippen LogP contribution in [0.1, 0.15) is 42.7 Å². The Bertz CT molecular complexity index is 986. The summed E-state index contributed by atoms with van der Waals surface area (Å²) >= 11 is 5.99. The highest BCUT2D eigenvalue weighted by Gasteiger charge is 2.44. The Kier molecular flexibility index (Phi) is 4.63. The van der Waals surface area contributed by atoms with Gasteiger partial charge < -0.3 is 0 Å². The van der Waals surface area contributed by atoms with Crippen molar-refractivity contribution in [2.24, 2.45) is 10.9 Å². The number of aromatic nitrogens is 1. The SMILES string of the molecule is CC1=C(C#N)C(c2cccnc2)C2C(=O)CC(c3ccc(Cl)cc3)CC2=N1. The predicted octanol–water partition coefficient (Wildman–Crippen LogP) is 4.83. The maximum atomic E-state index is 13.2. The lowest BCUT2D eigenvalue weighted by Crippen LogP contribution is -2.39. The highest BCUT2D eigenvalue weighted by molar-refractivity contribution is 6.30. The van der Waals surface area contributed by atoms with Gasteiger partial charge in [-0.3, -0.25) is 14.8 Å². The van der Waals surface area contributed by atoms with E-state index in [-0.39, 0.29) is 23.5 Å². The number of fused-ring (bicyclic) bond motifs is 1. The lowest BCUT2D eigenvalue weighted by Gasteiger charge is -2.37. The van der Waals surface area contributed by atoms with E-state index in [9.17, 15) is 10.1 Å². The van der Waals surface area contributed by atoms with Crippen molar-refractivity contribution < 1.29 is 4.79 Å². The van der Waals surface area contributed by atoms with Crippen LogP contribution in [0.15, 0.2) is 65.1 Å². The van der Waals surface area contributed by atoms with E-state index in [0.29, 0.717) is 29.1 Å². The highest BCUT2D eigenvalue weighted by atomic mass is 35.5. The molecular formula is C22H18ClN3O. The molecule has 1 aromatic heterocycles. The number of hydrogen-bond acceptors (Lipinski definition) is 4. The normalized spacial score (nSPS) is 24.9. The van der Waals surface area contributed by atoms with Crippen molar-refractivity contribution in [1.29, 1.82) is 5.26 Å². The van der Waals surface area contributed by atoms with Gasteiger partial charge in [0.05, 0.1) is 23.3 Å². The van der Waals surface area contributed by atoms with Crippen molar-refractivity contribution in [3.8, 4) is 6.07 Å². The van der Waals surface area contributed by atoms with Crippen molar-refractivity contribution in [2.75, 3.05) is 0 Å². The van der Waals surface area contributed by atoms with Gasteiger partial charge in [-0.2, -0.15) is 5.26 Å². The molecule has 5 heteroatoms. The summed E-state index contributed by atoms with van der Waals surface area (Å²) in [6.45, 7) is 1.85. The van der Waals surface area contributed by atoms with Gasteiger partial charge in [-0.25, -0.2) is 0 Å². The van der Waals surface area contributed by atoms with E-state index in [1.165, 1.54) is 0 Å². The van der Waals surface area contributed by atoms with Gasteiger partial charge in [0.15, 0.2) is 0 Å². The fraction of sp³-hybridized carbons (Fsp3) is 0.273. The van der Waals surface area contributed by atoms with Crippen LogP contribution in [0.3, 0.4) is 0 Å². The van der Waals surface area contributed by atoms with Crippen LogP contribution >= 0.6 is 11.6 Å². The summed E-state index contributed by atoms with van der Waals surface area (Å²) in [4.78, 5) is 22.0. The average molecular weight is 376 g/mol. The zero-order chi connectivity index (χ0) is 19.0. The number of benzene rings is 1. The van der Waals surface area contributed by atoms with Gasteiger partial charge in [0, 0.05) is 35.5 Å². The number of rotatable bonds is 2. The molecule has 0 N–H and O–H groups in total. The number of carbonyl (C=O) groups is 1. The van der Waals surface area contributed by atoms with E-state index in [2.05, 4.69) is 16.0 Å². The molecule has 1 aliphatic heterocycles. The average Bonchev–Trinajstić information content (AvgIpc) is 2.68. The molecule has 134 valence electrons. The highest BCUT2D eigenvalue weighted by Crippen LogP contribution is 2.45. The van der Waals surface area contributed by atoms with E-state index in [4.69, 9.17) is 11.6 Å². The van der Waals surface area contributed by atoms with Crippen molar-refractivity contribution in [2.45, 2.75) is 31.6 Å². The second-order valence-corrected chi connectivity index (χ2v) is 7.52. The number of nitrogens with zero attached hydrogens (tertiary/aromatic N) is 3. The number of hydrogen-bond donors (Lipinski definition) is 0.